The summed E-state index contributed by atoms with van der Waals surface area (Å²) in [5.74, 6) is 1.14. The molecule has 1 heterocycles. The molecule has 94 valence electrons. The van der Waals surface area contributed by atoms with Gasteiger partial charge in [0, 0.05) is 13.0 Å². The Kier molecular flexibility index (Phi) is 5.22. The second-order valence-corrected chi connectivity index (χ2v) is 4.15. The van der Waals surface area contributed by atoms with Crippen LogP contribution in [0.15, 0.2) is 18.3 Å². The van der Waals surface area contributed by atoms with Gasteiger partial charge in [-0.15, -0.1) is 12.4 Å². The van der Waals surface area contributed by atoms with Gasteiger partial charge in [-0.1, -0.05) is 12.8 Å². The van der Waals surface area contributed by atoms with Crippen LogP contribution in [0.25, 0.3) is 0 Å². The van der Waals surface area contributed by atoms with Crippen LogP contribution in [-0.4, -0.2) is 17.9 Å². The molecule has 1 amide bonds. The van der Waals surface area contributed by atoms with Crippen molar-refractivity contribution >= 4 is 29.8 Å². The summed E-state index contributed by atoms with van der Waals surface area (Å²) in [6, 6.07) is 3.72. The number of halogens is 1. The molecule has 17 heavy (non-hydrogen) atoms. The van der Waals surface area contributed by atoms with Crippen molar-refractivity contribution in [1.29, 1.82) is 0 Å². The maximum Gasteiger partial charge on any atom is 0.227 e. The van der Waals surface area contributed by atoms with Gasteiger partial charge in [0.2, 0.25) is 5.91 Å². The molecule has 4 nitrogen and oxygen atoms in total. The van der Waals surface area contributed by atoms with Gasteiger partial charge in [-0.2, -0.15) is 0 Å². The number of hydrogen-bond donors (Lipinski definition) is 2. The molecule has 0 atom stereocenters. The van der Waals surface area contributed by atoms with Gasteiger partial charge in [0.05, 0.1) is 11.9 Å². The fourth-order valence-corrected chi connectivity index (χ4v) is 2.05. The van der Waals surface area contributed by atoms with Gasteiger partial charge in [0.15, 0.2) is 0 Å². The molecule has 1 aromatic heterocycles. The Morgan fingerprint density at radius 3 is 2.59 bits per heavy atom. The summed E-state index contributed by atoms with van der Waals surface area (Å²) in [6.45, 7) is 0. The van der Waals surface area contributed by atoms with E-state index in [0.29, 0.717) is 0 Å². The molecule has 2 rings (SSSR count). The van der Waals surface area contributed by atoms with E-state index in [0.717, 1.165) is 24.3 Å². The third-order valence-electron chi connectivity index (χ3n) is 3.01. The Hall–Kier alpha value is -1.29. The average Bonchev–Trinajstić information content (AvgIpc) is 2.83. The van der Waals surface area contributed by atoms with Crippen LogP contribution in [0.4, 0.5) is 11.5 Å². The first-order valence-electron chi connectivity index (χ1n) is 5.74. The van der Waals surface area contributed by atoms with Crippen LogP contribution in [0.5, 0.6) is 0 Å². The van der Waals surface area contributed by atoms with Gasteiger partial charge in [-0.05, 0) is 25.0 Å². The minimum atomic E-state index is 0. The number of rotatable bonds is 3. The highest BCUT2D eigenvalue weighted by Crippen LogP contribution is 2.25. The molecule has 5 heteroatoms. The van der Waals surface area contributed by atoms with Crippen molar-refractivity contribution < 1.29 is 4.79 Å². The molecule has 0 aliphatic heterocycles. The highest BCUT2D eigenvalue weighted by Gasteiger charge is 2.22. The summed E-state index contributed by atoms with van der Waals surface area (Å²) < 4.78 is 0. The number of hydrogen-bond acceptors (Lipinski definition) is 3. The molecule has 0 aromatic carbocycles. The molecule has 0 radical (unpaired) electrons. The van der Waals surface area contributed by atoms with Crippen molar-refractivity contribution in [2.75, 3.05) is 17.7 Å². The maximum absolute atomic E-state index is 11.8. The average molecular weight is 256 g/mol. The Labute approximate surface area is 108 Å². The van der Waals surface area contributed by atoms with Crippen LogP contribution >= 0.6 is 12.4 Å². The Morgan fingerprint density at radius 1 is 1.35 bits per heavy atom. The van der Waals surface area contributed by atoms with Crippen molar-refractivity contribution in [1.82, 2.24) is 4.98 Å². The molecule has 1 saturated carbocycles. The number of amides is 1. The van der Waals surface area contributed by atoms with Gasteiger partial charge in [-0.3, -0.25) is 4.79 Å². The van der Waals surface area contributed by atoms with Gasteiger partial charge >= 0.3 is 0 Å². The molecule has 0 bridgehead atoms. The quantitative estimate of drug-likeness (QED) is 0.873. The largest absolute Gasteiger partial charge is 0.373 e. The number of nitrogens with one attached hydrogen (secondary N) is 2. The number of carbonyl (C=O) groups excluding carboxylic acids is 1. The molecule has 1 fully saturated rings. The number of pyridine rings is 1. The Balaban J connectivity index is 0.00000144. The first kappa shape index (κ1) is 13.8. The van der Waals surface area contributed by atoms with Crippen LogP contribution in [-0.2, 0) is 4.79 Å². The van der Waals surface area contributed by atoms with E-state index in [1.54, 1.807) is 6.20 Å². The maximum atomic E-state index is 11.8. The number of nitrogens with zero attached hydrogens (tertiary/aromatic N) is 1. The molecule has 1 aromatic rings. The van der Waals surface area contributed by atoms with Gasteiger partial charge in [0.25, 0.3) is 0 Å². The summed E-state index contributed by atoms with van der Waals surface area (Å²) >= 11 is 0. The third-order valence-corrected chi connectivity index (χ3v) is 3.01. The van der Waals surface area contributed by atoms with Crippen LogP contribution in [0.1, 0.15) is 25.7 Å². The van der Waals surface area contributed by atoms with E-state index in [1.165, 1.54) is 12.8 Å². The Bertz CT molecular complexity index is 361. The summed E-state index contributed by atoms with van der Waals surface area (Å²) in [4.78, 5) is 16.0. The van der Waals surface area contributed by atoms with Crippen LogP contribution in [0.3, 0.4) is 0 Å². The van der Waals surface area contributed by atoms with Crippen LogP contribution < -0.4 is 10.6 Å². The number of carbonyl (C=O) groups is 1. The predicted octanol–water partition coefficient (Wildman–Crippen LogP) is 2.67. The lowest BCUT2D eigenvalue weighted by Gasteiger charge is -2.10. The SMILES string of the molecule is CNc1ccc(NC(=O)C2CCCC2)cn1.Cl. The summed E-state index contributed by atoms with van der Waals surface area (Å²) in [5, 5.41) is 5.84. The first-order valence-corrected chi connectivity index (χ1v) is 5.74. The second kappa shape index (κ2) is 6.45. The smallest absolute Gasteiger partial charge is 0.227 e. The number of anilines is 2. The van der Waals surface area contributed by atoms with Gasteiger partial charge in [0.1, 0.15) is 5.82 Å². The lowest BCUT2D eigenvalue weighted by atomic mass is 10.1. The number of aromatic nitrogens is 1. The molecule has 0 saturated heterocycles. The standard InChI is InChI=1S/C12H17N3O.ClH/c1-13-11-7-6-10(8-14-11)15-12(16)9-4-2-3-5-9;/h6-9H,2-5H2,1H3,(H,13,14)(H,15,16);1H. The molecule has 0 spiro atoms. The second-order valence-electron chi connectivity index (χ2n) is 4.15. The zero-order valence-corrected chi connectivity index (χ0v) is 10.7. The van der Waals surface area contributed by atoms with Gasteiger partial charge < -0.3 is 10.6 Å². The van der Waals surface area contributed by atoms with E-state index in [2.05, 4.69) is 15.6 Å². The van der Waals surface area contributed by atoms with E-state index in [9.17, 15) is 4.79 Å². The lowest BCUT2D eigenvalue weighted by molar-refractivity contribution is -0.119. The highest BCUT2D eigenvalue weighted by atomic mass is 35.5. The van der Waals surface area contributed by atoms with Crippen molar-refractivity contribution in [2.24, 2.45) is 5.92 Å². The van der Waals surface area contributed by atoms with Gasteiger partial charge in [-0.25, -0.2) is 4.98 Å². The highest BCUT2D eigenvalue weighted by molar-refractivity contribution is 5.92. The minimum Gasteiger partial charge on any atom is -0.373 e. The van der Waals surface area contributed by atoms with Crippen molar-refractivity contribution in [2.45, 2.75) is 25.7 Å². The fraction of sp³-hybridized carbons (Fsp3) is 0.500. The lowest BCUT2D eigenvalue weighted by Crippen LogP contribution is -2.20. The molecule has 1 aliphatic rings. The summed E-state index contributed by atoms with van der Waals surface area (Å²) in [7, 11) is 1.82. The summed E-state index contributed by atoms with van der Waals surface area (Å²) in [5.41, 5.74) is 0.774. The zero-order valence-electron chi connectivity index (χ0n) is 9.90. The van der Waals surface area contributed by atoms with Crippen LogP contribution in [0, 0.1) is 5.92 Å². The van der Waals surface area contributed by atoms with E-state index in [1.807, 2.05) is 19.2 Å². The normalized spacial score (nSPS) is 15.1. The third kappa shape index (κ3) is 3.60. The topological polar surface area (TPSA) is 54.0 Å². The van der Waals surface area contributed by atoms with Crippen molar-refractivity contribution in [3.05, 3.63) is 18.3 Å². The Morgan fingerprint density at radius 2 is 2.06 bits per heavy atom. The monoisotopic (exact) mass is 255 g/mol. The molecule has 0 unspecified atom stereocenters. The van der Waals surface area contributed by atoms with E-state index in [-0.39, 0.29) is 24.2 Å². The van der Waals surface area contributed by atoms with Crippen molar-refractivity contribution in [3.8, 4) is 0 Å². The molecule has 1 aliphatic carbocycles. The predicted molar refractivity (Wildman–Crippen MR) is 71.6 cm³/mol. The van der Waals surface area contributed by atoms with Crippen molar-refractivity contribution in [3.63, 3.8) is 0 Å². The first-order chi connectivity index (χ1) is 7.79. The molecular weight excluding hydrogens is 238 g/mol. The fourth-order valence-electron chi connectivity index (χ4n) is 2.05. The van der Waals surface area contributed by atoms with Crippen LogP contribution in [0.2, 0.25) is 0 Å². The zero-order chi connectivity index (χ0) is 11.4. The molecular formula is C12H18ClN3O. The van der Waals surface area contributed by atoms with E-state index >= 15 is 0 Å². The summed E-state index contributed by atoms with van der Waals surface area (Å²) in [6.07, 6.45) is 6.07. The minimum absolute atomic E-state index is 0. The molecule has 2 N–H and O–H groups in total. The van der Waals surface area contributed by atoms with E-state index < -0.39 is 0 Å². The van der Waals surface area contributed by atoms with E-state index in [4.69, 9.17) is 0 Å².